The summed E-state index contributed by atoms with van der Waals surface area (Å²) >= 11 is 3.47. The highest BCUT2D eigenvalue weighted by Gasteiger charge is 2.43. The van der Waals surface area contributed by atoms with Gasteiger partial charge in [0.25, 0.3) is 0 Å². The zero-order valence-electron chi connectivity index (χ0n) is 16.2. The lowest BCUT2D eigenvalue weighted by molar-refractivity contribution is -0.139. The van der Waals surface area contributed by atoms with Crippen LogP contribution in [0.5, 0.6) is 0 Å². The van der Waals surface area contributed by atoms with Gasteiger partial charge in [-0.25, -0.2) is 0 Å². The molecule has 2 aromatic carbocycles. The van der Waals surface area contributed by atoms with Crippen LogP contribution in [0.15, 0.2) is 59.1 Å². The summed E-state index contributed by atoms with van der Waals surface area (Å²) < 4.78 is 1.03. The molecule has 1 aliphatic heterocycles. The fourth-order valence-electron chi connectivity index (χ4n) is 4.43. The molecule has 3 atom stereocenters. The quantitative estimate of drug-likeness (QED) is 0.670. The zero-order valence-corrected chi connectivity index (χ0v) is 17.8. The highest BCUT2D eigenvalue weighted by Crippen LogP contribution is 2.42. The van der Waals surface area contributed by atoms with Gasteiger partial charge in [0.2, 0.25) is 5.91 Å². The van der Waals surface area contributed by atoms with Crippen LogP contribution in [0.2, 0.25) is 0 Å². The van der Waals surface area contributed by atoms with Crippen molar-refractivity contribution in [3.05, 3.63) is 70.2 Å². The third kappa shape index (κ3) is 4.48. The molecule has 1 saturated heterocycles. The molecule has 1 heterocycles. The molecule has 0 bridgehead atoms. The number of carbonyl (C=O) groups is 1. The van der Waals surface area contributed by atoms with Crippen molar-refractivity contribution < 1.29 is 15.0 Å². The first-order valence-electron chi connectivity index (χ1n) is 9.88. The molecule has 2 N–H and O–H groups in total. The lowest BCUT2D eigenvalue weighted by atomic mass is 9.68. The number of nitrogens with zero attached hydrogens (tertiary/aromatic N) is 1. The molecule has 4 nitrogen and oxygen atoms in total. The Bertz CT molecular complexity index is 780. The average Bonchev–Trinajstić information content (AvgIpc) is 2.72. The van der Waals surface area contributed by atoms with Gasteiger partial charge in [-0.15, -0.1) is 0 Å². The molecule has 0 saturated carbocycles. The molecular weight excluding hydrogens is 418 g/mol. The Morgan fingerprint density at radius 1 is 1.14 bits per heavy atom. The molecule has 1 aliphatic rings. The molecule has 3 rings (SSSR count). The van der Waals surface area contributed by atoms with Crippen LogP contribution in [0.1, 0.15) is 49.8 Å². The van der Waals surface area contributed by atoms with E-state index < -0.39 is 11.5 Å². The van der Waals surface area contributed by atoms with Crippen molar-refractivity contribution in [3.8, 4) is 0 Å². The minimum Gasteiger partial charge on any atom is -0.394 e. The van der Waals surface area contributed by atoms with Gasteiger partial charge in [-0.1, -0.05) is 65.3 Å². The van der Waals surface area contributed by atoms with Crippen LogP contribution in [0.3, 0.4) is 0 Å². The van der Waals surface area contributed by atoms with Gasteiger partial charge in [-0.3, -0.25) is 4.79 Å². The van der Waals surface area contributed by atoms with Crippen molar-refractivity contribution in [2.24, 2.45) is 0 Å². The van der Waals surface area contributed by atoms with Crippen LogP contribution < -0.4 is 0 Å². The monoisotopic (exact) mass is 445 g/mol. The van der Waals surface area contributed by atoms with Crippen LogP contribution >= 0.6 is 15.9 Å². The van der Waals surface area contributed by atoms with Crippen LogP contribution in [-0.2, 0) is 10.2 Å². The minimum absolute atomic E-state index is 0.0529. The van der Waals surface area contributed by atoms with E-state index in [0.717, 1.165) is 28.4 Å². The number of benzene rings is 2. The number of hydrogen-bond donors (Lipinski definition) is 2. The fourth-order valence-corrected chi connectivity index (χ4v) is 4.70. The summed E-state index contributed by atoms with van der Waals surface area (Å²) in [6.07, 6.45) is 1.54. The maximum Gasteiger partial charge on any atom is 0.223 e. The van der Waals surface area contributed by atoms with Crippen molar-refractivity contribution >= 4 is 21.8 Å². The predicted molar refractivity (Wildman–Crippen MR) is 114 cm³/mol. The van der Waals surface area contributed by atoms with Crippen LogP contribution in [0.4, 0.5) is 0 Å². The highest BCUT2D eigenvalue weighted by atomic mass is 79.9. The lowest BCUT2D eigenvalue weighted by Gasteiger charge is -2.45. The normalized spacial score (nSPS) is 22.1. The first kappa shape index (κ1) is 21.0. The topological polar surface area (TPSA) is 60.8 Å². The molecular formula is C23H28BrNO3. The number of halogens is 1. The Morgan fingerprint density at radius 2 is 1.82 bits per heavy atom. The lowest BCUT2D eigenvalue weighted by Crippen LogP contribution is -2.49. The number of aliphatic hydroxyl groups is 2. The molecule has 5 heteroatoms. The van der Waals surface area contributed by atoms with E-state index in [2.05, 4.69) is 35.0 Å². The second-order valence-electron chi connectivity index (χ2n) is 7.68. The zero-order chi connectivity index (χ0) is 20.1. The summed E-state index contributed by atoms with van der Waals surface area (Å²) in [6, 6.07) is 18.2. The van der Waals surface area contributed by atoms with Gasteiger partial charge < -0.3 is 15.1 Å². The number of hydrogen-bond acceptors (Lipinski definition) is 3. The second kappa shape index (κ2) is 9.21. The Labute approximate surface area is 175 Å². The van der Waals surface area contributed by atoms with Crippen molar-refractivity contribution in [3.63, 3.8) is 0 Å². The third-order valence-electron chi connectivity index (χ3n) is 5.88. The van der Waals surface area contributed by atoms with Gasteiger partial charge in [-0.2, -0.15) is 0 Å². The SMILES string of the molecule is CC[C@@H](c1ccc(Br)cc1)N1CCC(CC(O)CO)(c2ccccc2)CC1=O. The number of carbonyl (C=O) groups excluding carboxylic acids is 1. The standard InChI is InChI=1S/C23H28BrNO3/c1-2-21(17-8-10-19(24)11-9-17)25-13-12-23(15-22(25)28,14-20(27)16-26)18-6-4-3-5-7-18/h3-11,20-21,26-27H,2,12-16H2,1H3/t20?,21-,23?/m0/s1. The summed E-state index contributed by atoms with van der Waals surface area (Å²) in [6.45, 7) is 2.46. The maximum absolute atomic E-state index is 13.3. The predicted octanol–water partition coefficient (Wildman–Crippen LogP) is 4.20. The summed E-state index contributed by atoms with van der Waals surface area (Å²) in [7, 11) is 0. The summed E-state index contributed by atoms with van der Waals surface area (Å²) in [5.41, 5.74) is 1.77. The Morgan fingerprint density at radius 3 is 2.39 bits per heavy atom. The summed E-state index contributed by atoms with van der Waals surface area (Å²) in [4.78, 5) is 15.2. The summed E-state index contributed by atoms with van der Waals surface area (Å²) in [5, 5.41) is 19.6. The Hall–Kier alpha value is -1.69. The Kier molecular flexibility index (Phi) is 6.91. The van der Waals surface area contributed by atoms with Crippen molar-refractivity contribution in [1.29, 1.82) is 0 Å². The van der Waals surface area contributed by atoms with Gasteiger partial charge in [-0.05, 0) is 42.5 Å². The molecule has 0 radical (unpaired) electrons. The third-order valence-corrected chi connectivity index (χ3v) is 6.41. The number of aliphatic hydroxyl groups excluding tert-OH is 2. The molecule has 1 fully saturated rings. The van der Waals surface area contributed by atoms with E-state index in [4.69, 9.17) is 0 Å². The van der Waals surface area contributed by atoms with E-state index in [-0.39, 0.29) is 18.6 Å². The molecule has 0 aliphatic carbocycles. The fraction of sp³-hybridized carbons (Fsp3) is 0.435. The number of piperidine rings is 1. The first-order valence-corrected chi connectivity index (χ1v) is 10.7. The van der Waals surface area contributed by atoms with Gasteiger partial charge in [0.1, 0.15) is 0 Å². The van der Waals surface area contributed by atoms with E-state index in [1.54, 1.807) is 0 Å². The van der Waals surface area contributed by atoms with E-state index in [0.29, 0.717) is 19.4 Å². The number of amides is 1. The molecule has 0 spiro atoms. The van der Waals surface area contributed by atoms with Gasteiger partial charge >= 0.3 is 0 Å². The largest absolute Gasteiger partial charge is 0.394 e. The second-order valence-corrected chi connectivity index (χ2v) is 8.59. The van der Waals surface area contributed by atoms with E-state index in [1.165, 1.54) is 0 Å². The van der Waals surface area contributed by atoms with E-state index in [1.807, 2.05) is 47.4 Å². The minimum atomic E-state index is -0.826. The smallest absolute Gasteiger partial charge is 0.223 e. The number of rotatable bonds is 7. The van der Waals surface area contributed by atoms with Crippen LogP contribution in [-0.4, -0.2) is 40.3 Å². The van der Waals surface area contributed by atoms with E-state index in [9.17, 15) is 15.0 Å². The molecule has 2 aromatic rings. The molecule has 150 valence electrons. The van der Waals surface area contributed by atoms with Crippen molar-refractivity contribution in [1.82, 2.24) is 4.90 Å². The molecule has 28 heavy (non-hydrogen) atoms. The Balaban J connectivity index is 1.86. The average molecular weight is 446 g/mol. The highest BCUT2D eigenvalue weighted by molar-refractivity contribution is 9.10. The van der Waals surface area contributed by atoms with E-state index >= 15 is 0 Å². The summed E-state index contributed by atoms with van der Waals surface area (Å²) in [5.74, 6) is 0.106. The molecule has 2 unspecified atom stereocenters. The van der Waals surface area contributed by atoms with Gasteiger partial charge in [0.05, 0.1) is 18.8 Å². The van der Waals surface area contributed by atoms with Crippen LogP contribution in [0.25, 0.3) is 0 Å². The first-order chi connectivity index (χ1) is 13.5. The number of likely N-dealkylation sites (tertiary alicyclic amines) is 1. The van der Waals surface area contributed by atoms with Crippen molar-refractivity contribution in [2.45, 2.75) is 50.2 Å². The maximum atomic E-state index is 13.3. The molecule has 1 amide bonds. The van der Waals surface area contributed by atoms with Crippen LogP contribution in [0, 0.1) is 0 Å². The van der Waals surface area contributed by atoms with Gasteiger partial charge in [0, 0.05) is 22.9 Å². The molecule has 0 aromatic heterocycles. The van der Waals surface area contributed by atoms with Crippen molar-refractivity contribution in [2.75, 3.05) is 13.2 Å². The van der Waals surface area contributed by atoms with Gasteiger partial charge in [0.15, 0.2) is 0 Å².